The lowest BCUT2D eigenvalue weighted by Gasteiger charge is -2.15. The summed E-state index contributed by atoms with van der Waals surface area (Å²) < 4.78 is 13.1. The monoisotopic (exact) mass is 254 g/mol. The van der Waals surface area contributed by atoms with Crippen LogP contribution in [-0.4, -0.2) is 0 Å². The molecule has 2 aromatic rings. The average molecular weight is 254 g/mol. The molecule has 0 amide bonds. The largest absolute Gasteiger partial charge is 0.306 e. The van der Waals surface area contributed by atoms with Gasteiger partial charge in [-0.05, 0) is 36.2 Å². The van der Waals surface area contributed by atoms with Gasteiger partial charge in [-0.25, -0.2) is 4.39 Å². The van der Waals surface area contributed by atoms with Crippen molar-refractivity contribution in [3.8, 4) is 6.07 Å². The Morgan fingerprint density at radius 2 is 2.00 bits per heavy atom. The molecule has 0 radical (unpaired) electrons. The number of nitrogens with zero attached hydrogens (tertiary/aromatic N) is 1. The third-order valence-corrected chi connectivity index (χ3v) is 3.09. The zero-order valence-corrected chi connectivity index (χ0v) is 10.7. The molecule has 1 atom stereocenters. The molecule has 0 aromatic heterocycles. The van der Waals surface area contributed by atoms with E-state index in [9.17, 15) is 4.39 Å². The van der Waals surface area contributed by atoms with Crippen LogP contribution in [0.25, 0.3) is 0 Å². The molecule has 0 aliphatic carbocycles. The molecule has 0 heterocycles. The summed E-state index contributed by atoms with van der Waals surface area (Å²) in [5.41, 5.74) is 2.52. The van der Waals surface area contributed by atoms with Gasteiger partial charge >= 0.3 is 0 Å². The number of benzene rings is 2. The van der Waals surface area contributed by atoms with Gasteiger partial charge in [-0.1, -0.05) is 30.3 Å². The van der Waals surface area contributed by atoms with E-state index in [1.165, 1.54) is 12.1 Å². The molecule has 0 bridgehead atoms. The summed E-state index contributed by atoms with van der Waals surface area (Å²) in [4.78, 5) is 0. The zero-order valence-electron chi connectivity index (χ0n) is 10.7. The second-order valence-electron chi connectivity index (χ2n) is 4.43. The van der Waals surface area contributed by atoms with E-state index in [0.717, 1.165) is 11.1 Å². The maximum Gasteiger partial charge on any atom is 0.123 e. The Bertz CT molecular complexity index is 602. The normalized spacial score (nSPS) is 11.8. The van der Waals surface area contributed by atoms with Crippen LogP contribution in [0.15, 0.2) is 48.5 Å². The summed E-state index contributed by atoms with van der Waals surface area (Å²) in [7, 11) is 0. The highest BCUT2D eigenvalue weighted by molar-refractivity contribution is 5.37. The van der Waals surface area contributed by atoms with Crippen LogP contribution in [-0.2, 0) is 6.54 Å². The maximum atomic E-state index is 13.1. The maximum absolute atomic E-state index is 13.1. The first-order chi connectivity index (χ1) is 9.20. The highest BCUT2D eigenvalue weighted by Gasteiger charge is 2.07. The second-order valence-corrected chi connectivity index (χ2v) is 4.43. The Morgan fingerprint density at radius 1 is 1.21 bits per heavy atom. The van der Waals surface area contributed by atoms with Crippen molar-refractivity contribution in [2.75, 3.05) is 0 Å². The topological polar surface area (TPSA) is 35.8 Å². The Kier molecular flexibility index (Phi) is 4.27. The van der Waals surface area contributed by atoms with Crippen molar-refractivity contribution in [2.24, 2.45) is 0 Å². The van der Waals surface area contributed by atoms with E-state index in [-0.39, 0.29) is 11.9 Å². The van der Waals surface area contributed by atoms with Crippen LogP contribution in [0.2, 0.25) is 0 Å². The van der Waals surface area contributed by atoms with Gasteiger partial charge in [0.15, 0.2) is 0 Å². The van der Waals surface area contributed by atoms with Gasteiger partial charge in [0.1, 0.15) is 5.82 Å². The first-order valence-corrected chi connectivity index (χ1v) is 6.17. The first kappa shape index (κ1) is 13.3. The molecule has 0 aliphatic heterocycles. The van der Waals surface area contributed by atoms with Crippen LogP contribution in [0.3, 0.4) is 0 Å². The number of hydrogen-bond acceptors (Lipinski definition) is 2. The lowest BCUT2D eigenvalue weighted by molar-refractivity contribution is 0.564. The molecule has 0 unspecified atom stereocenters. The average Bonchev–Trinajstić information content (AvgIpc) is 2.45. The summed E-state index contributed by atoms with van der Waals surface area (Å²) in [6.07, 6.45) is 0. The van der Waals surface area contributed by atoms with Crippen molar-refractivity contribution >= 4 is 0 Å². The number of rotatable bonds is 4. The van der Waals surface area contributed by atoms with Gasteiger partial charge in [-0.15, -0.1) is 0 Å². The van der Waals surface area contributed by atoms with Crippen LogP contribution in [0.5, 0.6) is 0 Å². The fraction of sp³-hybridized carbons (Fsp3) is 0.188. The predicted octanol–water partition coefficient (Wildman–Crippen LogP) is 3.55. The van der Waals surface area contributed by atoms with Crippen molar-refractivity contribution in [2.45, 2.75) is 19.5 Å². The van der Waals surface area contributed by atoms with E-state index in [2.05, 4.69) is 11.4 Å². The Hall–Kier alpha value is -2.18. The minimum absolute atomic E-state index is 0.0300. The molecular formula is C16H15FN2. The molecule has 2 aromatic carbocycles. The van der Waals surface area contributed by atoms with E-state index < -0.39 is 0 Å². The van der Waals surface area contributed by atoms with E-state index >= 15 is 0 Å². The van der Waals surface area contributed by atoms with Crippen molar-refractivity contribution < 1.29 is 4.39 Å². The summed E-state index contributed by atoms with van der Waals surface area (Å²) >= 11 is 0. The second kappa shape index (κ2) is 6.12. The van der Waals surface area contributed by atoms with Crippen LogP contribution >= 0.6 is 0 Å². The van der Waals surface area contributed by atoms with Crippen molar-refractivity contribution in [1.82, 2.24) is 5.32 Å². The molecular weight excluding hydrogens is 239 g/mol. The van der Waals surface area contributed by atoms with Gasteiger partial charge in [0.2, 0.25) is 0 Å². The molecule has 0 spiro atoms. The fourth-order valence-corrected chi connectivity index (χ4v) is 1.94. The van der Waals surface area contributed by atoms with Gasteiger partial charge < -0.3 is 5.32 Å². The lowest BCUT2D eigenvalue weighted by atomic mass is 10.1. The summed E-state index contributed by atoms with van der Waals surface area (Å²) in [6, 6.07) is 16.2. The fourth-order valence-electron chi connectivity index (χ4n) is 1.94. The SMILES string of the molecule is C[C@@H](NCc1ccccc1C#N)c1cccc(F)c1. The van der Waals surface area contributed by atoms with Crippen LogP contribution < -0.4 is 5.32 Å². The summed E-state index contributed by atoms with van der Waals surface area (Å²) in [5.74, 6) is -0.233. The van der Waals surface area contributed by atoms with Gasteiger partial charge in [-0.3, -0.25) is 0 Å². The summed E-state index contributed by atoms with van der Waals surface area (Å²) in [6.45, 7) is 2.56. The van der Waals surface area contributed by atoms with Crippen LogP contribution in [0.4, 0.5) is 4.39 Å². The lowest BCUT2D eigenvalue weighted by Crippen LogP contribution is -2.18. The number of nitriles is 1. The zero-order chi connectivity index (χ0) is 13.7. The first-order valence-electron chi connectivity index (χ1n) is 6.17. The third-order valence-electron chi connectivity index (χ3n) is 3.09. The van der Waals surface area contributed by atoms with Gasteiger partial charge in [0.25, 0.3) is 0 Å². The predicted molar refractivity (Wildman–Crippen MR) is 72.8 cm³/mol. The van der Waals surface area contributed by atoms with Crippen LogP contribution in [0, 0.1) is 17.1 Å². The highest BCUT2D eigenvalue weighted by atomic mass is 19.1. The molecule has 96 valence electrons. The van der Waals surface area contributed by atoms with Crippen LogP contribution in [0.1, 0.15) is 29.7 Å². The minimum atomic E-state index is -0.233. The quantitative estimate of drug-likeness (QED) is 0.905. The standard InChI is InChI=1S/C16H15FN2/c1-12(13-7-4-8-16(17)9-13)19-11-15-6-3-2-5-14(15)10-18/h2-9,12,19H,11H2,1H3/t12-/m1/s1. The molecule has 2 nitrogen and oxygen atoms in total. The molecule has 2 rings (SSSR count). The van der Waals surface area contributed by atoms with E-state index in [4.69, 9.17) is 5.26 Å². The van der Waals surface area contributed by atoms with Gasteiger partial charge in [-0.2, -0.15) is 5.26 Å². The van der Waals surface area contributed by atoms with Crippen molar-refractivity contribution in [3.05, 3.63) is 71.0 Å². The Labute approximate surface area is 112 Å². The molecule has 0 saturated heterocycles. The molecule has 0 saturated carbocycles. The van der Waals surface area contributed by atoms with E-state index in [1.807, 2.05) is 31.2 Å². The number of halogens is 1. The smallest absolute Gasteiger partial charge is 0.123 e. The Balaban J connectivity index is 2.05. The van der Waals surface area contributed by atoms with E-state index in [0.29, 0.717) is 12.1 Å². The molecule has 1 N–H and O–H groups in total. The van der Waals surface area contributed by atoms with Crippen molar-refractivity contribution in [1.29, 1.82) is 5.26 Å². The molecule has 0 fully saturated rings. The number of nitrogens with one attached hydrogen (secondary N) is 1. The van der Waals surface area contributed by atoms with Crippen molar-refractivity contribution in [3.63, 3.8) is 0 Å². The molecule has 0 aliphatic rings. The minimum Gasteiger partial charge on any atom is -0.306 e. The third kappa shape index (κ3) is 3.40. The van der Waals surface area contributed by atoms with Gasteiger partial charge in [0.05, 0.1) is 11.6 Å². The number of hydrogen-bond donors (Lipinski definition) is 1. The molecule has 3 heteroatoms. The highest BCUT2D eigenvalue weighted by Crippen LogP contribution is 2.15. The van der Waals surface area contributed by atoms with E-state index in [1.54, 1.807) is 12.1 Å². The van der Waals surface area contributed by atoms with Gasteiger partial charge in [0, 0.05) is 12.6 Å². The summed E-state index contributed by atoms with van der Waals surface area (Å²) in [5, 5.41) is 12.3. The molecule has 19 heavy (non-hydrogen) atoms. The Morgan fingerprint density at radius 3 is 2.74 bits per heavy atom.